The molecule has 0 aliphatic heterocycles. The SMILES string of the molecule is O=c1oc2ccc(F)cc2c(-c2ccccc2)c1Br. The van der Waals surface area contributed by atoms with Crippen LogP contribution in [0.4, 0.5) is 4.39 Å². The smallest absolute Gasteiger partial charge is 0.351 e. The summed E-state index contributed by atoms with van der Waals surface area (Å²) in [5.41, 5.74) is 1.37. The molecule has 94 valence electrons. The summed E-state index contributed by atoms with van der Waals surface area (Å²) in [4.78, 5) is 11.8. The van der Waals surface area contributed by atoms with Crippen molar-refractivity contribution < 1.29 is 8.81 Å². The zero-order chi connectivity index (χ0) is 13.4. The molecule has 0 spiro atoms. The van der Waals surface area contributed by atoms with E-state index in [1.165, 1.54) is 18.2 Å². The van der Waals surface area contributed by atoms with Crippen LogP contribution in [0.3, 0.4) is 0 Å². The lowest BCUT2D eigenvalue weighted by atomic mass is 10.0. The van der Waals surface area contributed by atoms with Crippen molar-refractivity contribution in [2.45, 2.75) is 0 Å². The number of fused-ring (bicyclic) bond motifs is 1. The van der Waals surface area contributed by atoms with E-state index in [1.807, 2.05) is 30.3 Å². The Balaban J connectivity index is 2.48. The topological polar surface area (TPSA) is 30.2 Å². The van der Waals surface area contributed by atoms with Crippen LogP contribution >= 0.6 is 15.9 Å². The molecule has 4 heteroatoms. The number of benzene rings is 2. The molecule has 0 fully saturated rings. The fraction of sp³-hybridized carbons (Fsp3) is 0. The lowest BCUT2D eigenvalue weighted by molar-refractivity contribution is 0.555. The predicted octanol–water partition coefficient (Wildman–Crippen LogP) is 4.36. The van der Waals surface area contributed by atoms with Gasteiger partial charge in [0.25, 0.3) is 0 Å². The molecular weight excluding hydrogens is 311 g/mol. The first-order valence-electron chi connectivity index (χ1n) is 5.64. The van der Waals surface area contributed by atoms with Gasteiger partial charge >= 0.3 is 5.63 Å². The van der Waals surface area contributed by atoms with Crippen LogP contribution in [-0.2, 0) is 0 Å². The molecule has 0 N–H and O–H groups in total. The molecule has 2 nitrogen and oxygen atoms in total. The van der Waals surface area contributed by atoms with Gasteiger partial charge in [-0.15, -0.1) is 0 Å². The summed E-state index contributed by atoms with van der Waals surface area (Å²) in [6.45, 7) is 0. The second kappa shape index (κ2) is 4.63. The summed E-state index contributed by atoms with van der Waals surface area (Å²) >= 11 is 3.23. The number of hydrogen-bond acceptors (Lipinski definition) is 2. The van der Waals surface area contributed by atoms with Gasteiger partial charge in [0.05, 0.1) is 0 Å². The zero-order valence-corrected chi connectivity index (χ0v) is 11.3. The van der Waals surface area contributed by atoms with Crippen LogP contribution in [0, 0.1) is 5.82 Å². The normalized spacial score (nSPS) is 10.8. The first-order valence-corrected chi connectivity index (χ1v) is 6.43. The second-order valence-electron chi connectivity index (χ2n) is 4.09. The van der Waals surface area contributed by atoms with Gasteiger partial charge in [0.1, 0.15) is 15.9 Å². The molecule has 0 aliphatic carbocycles. The summed E-state index contributed by atoms with van der Waals surface area (Å²) in [5.74, 6) is -0.370. The molecule has 1 heterocycles. The predicted molar refractivity (Wildman–Crippen MR) is 75.6 cm³/mol. The van der Waals surface area contributed by atoms with Crippen molar-refractivity contribution in [2.75, 3.05) is 0 Å². The Morgan fingerprint density at radius 1 is 1.05 bits per heavy atom. The number of hydrogen-bond donors (Lipinski definition) is 0. The molecule has 0 amide bonds. The van der Waals surface area contributed by atoms with E-state index in [2.05, 4.69) is 15.9 Å². The largest absolute Gasteiger partial charge is 0.422 e. The first kappa shape index (κ1) is 12.1. The Kier molecular flexibility index (Phi) is 2.95. The molecule has 1 aromatic heterocycles. The van der Waals surface area contributed by atoms with E-state index in [0.717, 1.165) is 5.56 Å². The van der Waals surface area contributed by atoms with Gasteiger partial charge in [-0.25, -0.2) is 9.18 Å². The van der Waals surface area contributed by atoms with Gasteiger partial charge in [0, 0.05) is 10.9 Å². The van der Waals surface area contributed by atoms with E-state index in [9.17, 15) is 9.18 Å². The van der Waals surface area contributed by atoms with Crippen molar-refractivity contribution in [3.05, 3.63) is 69.2 Å². The van der Waals surface area contributed by atoms with Gasteiger partial charge in [-0.2, -0.15) is 0 Å². The molecule has 0 saturated carbocycles. The fourth-order valence-electron chi connectivity index (χ4n) is 2.04. The summed E-state index contributed by atoms with van der Waals surface area (Å²) < 4.78 is 18.9. The van der Waals surface area contributed by atoms with Gasteiger partial charge in [0.15, 0.2) is 0 Å². The van der Waals surface area contributed by atoms with Crippen molar-refractivity contribution in [2.24, 2.45) is 0 Å². The molecule has 0 saturated heterocycles. The van der Waals surface area contributed by atoms with Crippen LogP contribution in [0.15, 0.2) is 62.2 Å². The first-order chi connectivity index (χ1) is 9.16. The Bertz CT molecular complexity index is 809. The molecule has 0 radical (unpaired) electrons. The van der Waals surface area contributed by atoms with E-state index >= 15 is 0 Å². The van der Waals surface area contributed by atoms with E-state index in [0.29, 0.717) is 21.0 Å². The van der Waals surface area contributed by atoms with Crippen LogP contribution in [0.5, 0.6) is 0 Å². The van der Waals surface area contributed by atoms with Gasteiger partial charge in [-0.05, 0) is 39.7 Å². The van der Waals surface area contributed by atoms with Gasteiger partial charge < -0.3 is 4.42 Å². The van der Waals surface area contributed by atoms with Crippen LogP contribution < -0.4 is 5.63 Å². The number of rotatable bonds is 1. The summed E-state index contributed by atoms with van der Waals surface area (Å²) in [6.07, 6.45) is 0. The quantitative estimate of drug-likeness (QED) is 0.624. The summed E-state index contributed by atoms with van der Waals surface area (Å²) in [6, 6.07) is 13.4. The molecular formula is C15H8BrFO2. The highest BCUT2D eigenvalue weighted by molar-refractivity contribution is 9.10. The standard InChI is InChI=1S/C15H8BrFO2/c16-14-13(9-4-2-1-3-5-9)11-8-10(17)6-7-12(11)19-15(14)18/h1-8H. The van der Waals surface area contributed by atoms with Crippen LogP contribution in [0.1, 0.15) is 0 Å². The summed E-state index contributed by atoms with van der Waals surface area (Å²) in [5, 5.41) is 0.567. The summed E-state index contributed by atoms with van der Waals surface area (Å²) in [7, 11) is 0. The van der Waals surface area contributed by atoms with Gasteiger partial charge in [0.2, 0.25) is 0 Å². The van der Waals surface area contributed by atoms with E-state index in [1.54, 1.807) is 0 Å². The van der Waals surface area contributed by atoms with E-state index < -0.39 is 5.63 Å². The molecule has 19 heavy (non-hydrogen) atoms. The molecule has 0 bridgehead atoms. The lowest BCUT2D eigenvalue weighted by Crippen LogP contribution is -2.02. The van der Waals surface area contributed by atoms with Gasteiger partial charge in [-0.1, -0.05) is 30.3 Å². The monoisotopic (exact) mass is 318 g/mol. The Hall–Kier alpha value is -1.94. The second-order valence-corrected chi connectivity index (χ2v) is 4.88. The van der Waals surface area contributed by atoms with Crippen molar-refractivity contribution in [3.63, 3.8) is 0 Å². The average Bonchev–Trinajstić information content (AvgIpc) is 2.42. The van der Waals surface area contributed by atoms with Crippen molar-refractivity contribution in [1.82, 2.24) is 0 Å². The van der Waals surface area contributed by atoms with Gasteiger partial charge in [-0.3, -0.25) is 0 Å². The molecule has 0 aliphatic rings. The number of halogens is 2. The maximum Gasteiger partial charge on any atom is 0.351 e. The average molecular weight is 319 g/mol. The minimum Gasteiger partial charge on any atom is -0.422 e. The third kappa shape index (κ3) is 2.08. The highest BCUT2D eigenvalue weighted by atomic mass is 79.9. The van der Waals surface area contributed by atoms with Crippen LogP contribution in [-0.4, -0.2) is 0 Å². The molecule has 0 unspecified atom stereocenters. The lowest BCUT2D eigenvalue weighted by Gasteiger charge is -2.08. The molecule has 3 aromatic rings. The molecule has 2 aromatic carbocycles. The third-order valence-corrected chi connectivity index (χ3v) is 3.60. The van der Waals surface area contributed by atoms with Crippen molar-refractivity contribution >= 4 is 26.9 Å². The maximum absolute atomic E-state index is 13.4. The zero-order valence-electron chi connectivity index (χ0n) is 9.69. The Morgan fingerprint density at radius 3 is 2.53 bits per heavy atom. The van der Waals surface area contributed by atoms with E-state index in [4.69, 9.17) is 4.42 Å². The van der Waals surface area contributed by atoms with Crippen molar-refractivity contribution in [3.8, 4) is 11.1 Å². The minimum absolute atomic E-state index is 0.303. The van der Waals surface area contributed by atoms with Crippen LogP contribution in [0.25, 0.3) is 22.1 Å². The van der Waals surface area contributed by atoms with E-state index in [-0.39, 0.29) is 5.82 Å². The van der Waals surface area contributed by atoms with Crippen LogP contribution in [0.2, 0.25) is 0 Å². The van der Waals surface area contributed by atoms with Crippen molar-refractivity contribution in [1.29, 1.82) is 0 Å². The molecule has 0 atom stereocenters. The third-order valence-electron chi connectivity index (χ3n) is 2.87. The maximum atomic E-state index is 13.4. The molecule has 3 rings (SSSR count). The Morgan fingerprint density at radius 2 is 1.79 bits per heavy atom. The fourth-order valence-corrected chi connectivity index (χ4v) is 2.56. The Labute approximate surface area is 116 Å². The minimum atomic E-state index is -0.474. The highest BCUT2D eigenvalue weighted by Crippen LogP contribution is 2.33. The highest BCUT2D eigenvalue weighted by Gasteiger charge is 2.14.